The van der Waals surface area contributed by atoms with Crippen molar-refractivity contribution in [2.24, 2.45) is 5.73 Å². The number of piperidine rings is 1. The van der Waals surface area contributed by atoms with Crippen LogP contribution in [0.3, 0.4) is 0 Å². The van der Waals surface area contributed by atoms with Gasteiger partial charge in [-0.2, -0.15) is 0 Å². The average Bonchev–Trinajstić information content (AvgIpc) is 2.84. The zero-order chi connectivity index (χ0) is 24.8. The second kappa shape index (κ2) is 11.4. The molecular formula is C28H36N4O3. The van der Waals surface area contributed by atoms with Crippen molar-refractivity contribution < 1.29 is 14.3 Å². The first-order valence-electron chi connectivity index (χ1n) is 12.4. The Balaban J connectivity index is 1.59. The highest BCUT2D eigenvalue weighted by Crippen LogP contribution is 2.38. The molecule has 0 saturated carbocycles. The van der Waals surface area contributed by atoms with Crippen LogP contribution in [0.25, 0.3) is 10.9 Å². The van der Waals surface area contributed by atoms with E-state index in [1.807, 2.05) is 43.3 Å². The van der Waals surface area contributed by atoms with Crippen molar-refractivity contribution >= 4 is 28.2 Å². The monoisotopic (exact) mass is 476 g/mol. The standard InChI is InChI=1S/C28H36N4O3/c1-19-9-4-5-11-23(19)31-28-21(15-27(29)33)18-30-24-17-26(25(34-3)16-22(24)28)35-14-8-13-32-12-7-6-10-20(32)2/h4-5,9,11,16-18,20H,6-8,10,12-15H2,1-3H3,(H2,29,33)(H,30,31). The quantitative estimate of drug-likeness (QED) is 0.402. The smallest absolute Gasteiger partial charge is 0.221 e. The Bertz CT molecular complexity index is 1180. The number of para-hydroxylation sites is 1. The number of primary amides is 1. The number of nitrogens with zero attached hydrogens (tertiary/aromatic N) is 2. The fourth-order valence-corrected chi connectivity index (χ4v) is 4.77. The molecule has 2 aromatic carbocycles. The SMILES string of the molecule is COc1cc2c(Nc3ccccc3C)c(CC(N)=O)cnc2cc1OCCCN1CCCCC1C. The molecule has 186 valence electrons. The first-order chi connectivity index (χ1) is 17.0. The minimum absolute atomic E-state index is 0.0899. The number of carbonyl (C=O) groups excluding carboxylic acids is 1. The summed E-state index contributed by atoms with van der Waals surface area (Å²) in [6.45, 7) is 7.17. The van der Waals surface area contributed by atoms with Gasteiger partial charge in [0.2, 0.25) is 5.91 Å². The van der Waals surface area contributed by atoms with E-state index in [1.165, 1.54) is 25.8 Å². The summed E-state index contributed by atoms with van der Waals surface area (Å²) < 4.78 is 11.8. The molecule has 1 saturated heterocycles. The van der Waals surface area contributed by atoms with Gasteiger partial charge in [-0.3, -0.25) is 9.78 Å². The molecule has 35 heavy (non-hydrogen) atoms. The number of hydrogen-bond donors (Lipinski definition) is 2. The Kier molecular flexibility index (Phi) is 8.08. The number of carbonyl (C=O) groups is 1. The van der Waals surface area contributed by atoms with Gasteiger partial charge >= 0.3 is 0 Å². The first kappa shape index (κ1) is 24.8. The molecule has 7 heteroatoms. The van der Waals surface area contributed by atoms with Gasteiger partial charge in [-0.25, -0.2) is 0 Å². The third kappa shape index (κ3) is 6.03. The largest absolute Gasteiger partial charge is 0.493 e. The molecule has 0 aliphatic carbocycles. The normalized spacial score (nSPS) is 16.3. The van der Waals surface area contributed by atoms with Gasteiger partial charge < -0.3 is 25.4 Å². The first-order valence-corrected chi connectivity index (χ1v) is 12.4. The third-order valence-corrected chi connectivity index (χ3v) is 6.79. The Morgan fingerprint density at radius 2 is 2.06 bits per heavy atom. The number of fused-ring (bicyclic) bond motifs is 1. The van der Waals surface area contributed by atoms with Crippen LogP contribution in [-0.4, -0.2) is 48.6 Å². The van der Waals surface area contributed by atoms with E-state index in [4.69, 9.17) is 15.2 Å². The van der Waals surface area contributed by atoms with E-state index in [-0.39, 0.29) is 6.42 Å². The maximum Gasteiger partial charge on any atom is 0.221 e. The number of rotatable bonds is 10. The maximum absolute atomic E-state index is 11.8. The lowest BCUT2D eigenvalue weighted by atomic mass is 10.0. The number of ether oxygens (including phenoxy) is 2. The van der Waals surface area contributed by atoms with Crippen molar-refractivity contribution in [3.63, 3.8) is 0 Å². The van der Waals surface area contributed by atoms with Gasteiger partial charge in [-0.05, 0) is 57.4 Å². The van der Waals surface area contributed by atoms with E-state index >= 15 is 0 Å². The van der Waals surface area contributed by atoms with Gasteiger partial charge in [0.15, 0.2) is 11.5 Å². The van der Waals surface area contributed by atoms with Crippen LogP contribution in [0.2, 0.25) is 0 Å². The van der Waals surface area contributed by atoms with Crippen LogP contribution in [0, 0.1) is 6.92 Å². The summed E-state index contributed by atoms with van der Waals surface area (Å²) >= 11 is 0. The van der Waals surface area contributed by atoms with Crippen LogP contribution in [0.4, 0.5) is 11.4 Å². The van der Waals surface area contributed by atoms with E-state index in [0.717, 1.165) is 46.4 Å². The maximum atomic E-state index is 11.8. The molecule has 3 aromatic rings. The number of aryl methyl sites for hydroxylation is 1. The number of anilines is 2. The molecule has 1 fully saturated rings. The number of nitrogens with two attached hydrogens (primary N) is 1. The Morgan fingerprint density at radius 3 is 2.80 bits per heavy atom. The van der Waals surface area contributed by atoms with E-state index in [0.29, 0.717) is 24.1 Å². The minimum atomic E-state index is -0.408. The van der Waals surface area contributed by atoms with E-state index in [9.17, 15) is 4.79 Å². The summed E-state index contributed by atoms with van der Waals surface area (Å²) in [5.41, 5.74) is 9.87. The molecule has 2 heterocycles. The molecule has 1 aliphatic heterocycles. The molecule has 7 nitrogen and oxygen atoms in total. The minimum Gasteiger partial charge on any atom is -0.493 e. The van der Waals surface area contributed by atoms with Crippen LogP contribution in [-0.2, 0) is 11.2 Å². The Morgan fingerprint density at radius 1 is 1.23 bits per heavy atom. The fraction of sp³-hybridized carbons (Fsp3) is 0.429. The van der Waals surface area contributed by atoms with Gasteiger partial charge in [-0.1, -0.05) is 24.6 Å². The summed E-state index contributed by atoms with van der Waals surface area (Å²) in [4.78, 5) is 18.9. The van der Waals surface area contributed by atoms with E-state index in [2.05, 4.69) is 22.1 Å². The highest BCUT2D eigenvalue weighted by Gasteiger charge is 2.18. The summed E-state index contributed by atoms with van der Waals surface area (Å²) in [5, 5.41) is 4.35. The molecule has 0 bridgehead atoms. The van der Waals surface area contributed by atoms with E-state index < -0.39 is 5.91 Å². The predicted octanol–water partition coefficient (Wildman–Crippen LogP) is 4.97. The zero-order valence-electron chi connectivity index (χ0n) is 21.0. The lowest BCUT2D eigenvalue weighted by Crippen LogP contribution is -2.38. The van der Waals surface area contributed by atoms with Crippen molar-refractivity contribution in [3.8, 4) is 11.5 Å². The van der Waals surface area contributed by atoms with Crippen molar-refractivity contribution in [2.75, 3.05) is 32.1 Å². The number of methoxy groups -OCH3 is 1. The van der Waals surface area contributed by atoms with Crippen LogP contribution >= 0.6 is 0 Å². The Labute approximate surface area is 207 Å². The molecular weight excluding hydrogens is 440 g/mol. The summed E-state index contributed by atoms with van der Waals surface area (Å²) in [7, 11) is 1.64. The number of amides is 1. The predicted molar refractivity (Wildman–Crippen MR) is 141 cm³/mol. The topological polar surface area (TPSA) is 89.7 Å². The number of benzene rings is 2. The Hall–Kier alpha value is -3.32. The van der Waals surface area contributed by atoms with Crippen molar-refractivity contribution in [3.05, 3.63) is 53.7 Å². The number of pyridine rings is 1. The van der Waals surface area contributed by atoms with Crippen LogP contribution in [0.15, 0.2) is 42.6 Å². The molecule has 1 aliphatic rings. The van der Waals surface area contributed by atoms with Crippen molar-refractivity contribution in [2.45, 2.75) is 52.0 Å². The van der Waals surface area contributed by atoms with Gasteiger partial charge in [0.1, 0.15) is 0 Å². The fourth-order valence-electron chi connectivity index (χ4n) is 4.77. The summed E-state index contributed by atoms with van der Waals surface area (Å²) in [6, 6.07) is 12.5. The van der Waals surface area contributed by atoms with Gasteiger partial charge in [0, 0.05) is 41.5 Å². The number of aromatic nitrogens is 1. The molecule has 3 N–H and O–H groups in total. The third-order valence-electron chi connectivity index (χ3n) is 6.79. The number of likely N-dealkylation sites (tertiary alicyclic amines) is 1. The van der Waals surface area contributed by atoms with Gasteiger partial charge in [0.05, 0.1) is 31.3 Å². The summed E-state index contributed by atoms with van der Waals surface area (Å²) in [5.74, 6) is 0.896. The lowest BCUT2D eigenvalue weighted by molar-refractivity contribution is -0.117. The van der Waals surface area contributed by atoms with Crippen LogP contribution in [0.5, 0.6) is 11.5 Å². The van der Waals surface area contributed by atoms with Crippen molar-refractivity contribution in [1.29, 1.82) is 0 Å². The highest BCUT2D eigenvalue weighted by atomic mass is 16.5. The molecule has 0 radical (unpaired) electrons. The zero-order valence-corrected chi connectivity index (χ0v) is 21.0. The number of nitrogens with one attached hydrogen (secondary N) is 1. The molecule has 1 unspecified atom stereocenters. The van der Waals surface area contributed by atoms with Crippen LogP contribution in [0.1, 0.15) is 43.7 Å². The second-order valence-corrected chi connectivity index (χ2v) is 9.34. The van der Waals surface area contributed by atoms with E-state index in [1.54, 1.807) is 13.3 Å². The molecule has 4 rings (SSSR count). The summed E-state index contributed by atoms with van der Waals surface area (Å²) in [6.07, 6.45) is 6.65. The van der Waals surface area contributed by atoms with Crippen LogP contribution < -0.4 is 20.5 Å². The van der Waals surface area contributed by atoms with Crippen molar-refractivity contribution in [1.82, 2.24) is 9.88 Å². The second-order valence-electron chi connectivity index (χ2n) is 9.34. The van der Waals surface area contributed by atoms with Gasteiger partial charge in [-0.15, -0.1) is 0 Å². The number of hydrogen-bond acceptors (Lipinski definition) is 6. The lowest BCUT2D eigenvalue weighted by Gasteiger charge is -2.33. The highest BCUT2D eigenvalue weighted by molar-refractivity contribution is 5.98. The molecule has 0 spiro atoms. The molecule has 1 aromatic heterocycles. The average molecular weight is 477 g/mol. The molecule has 1 amide bonds. The van der Waals surface area contributed by atoms with Gasteiger partial charge in [0.25, 0.3) is 0 Å². The molecule has 1 atom stereocenters.